The van der Waals surface area contributed by atoms with Crippen molar-refractivity contribution in [1.82, 2.24) is 15.2 Å². The number of amides is 1. The average Bonchev–Trinajstić information content (AvgIpc) is 2.45. The van der Waals surface area contributed by atoms with Gasteiger partial charge >= 0.3 is 0 Å². The molecule has 5 heteroatoms. The normalized spacial score (nSPS) is 19.7. The molecule has 0 saturated carbocycles. The first-order valence-electron chi connectivity index (χ1n) is 7.70. The molecule has 0 bridgehead atoms. The molecule has 0 radical (unpaired) electrons. The molecular formula is C16H25N3O2. The molecular weight excluding hydrogens is 266 g/mol. The van der Waals surface area contributed by atoms with Crippen LogP contribution in [0.25, 0.3) is 0 Å². The first kappa shape index (κ1) is 15.8. The molecule has 2 N–H and O–H groups in total. The third-order valence-electron chi connectivity index (χ3n) is 3.78. The lowest BCUT2D eigenvalue weighted by molar-refractivity contribution is 0.0921. The lowest BCUT2D eigenvalue weighted by atomic mass is 9.97. The van der Waals surface area contributed by atoms with E-state index in [0.717, 1.165) is 26.1 Å². The molecule has 21 heavy (non-hydrogen) atoms. The highest BCUT2D eigenvalue weighted by Crippen LogP contribution is 2.17. The van der Waals surface area contributed by atoms with Crippen molar-refractivity contribution in [3.63, 3.8) is 0 Å². The van der Waals surface area contributed by atoms with Crippen molar-refractivity contribution in [2.75, 3.05) is 26.2 Å². The Morgan fingerprint density at radius 2 is 2.38 bits per heavy atom. The fourth-order valence-corrected chi connectivity index (χ4v) is 2.89. The van der Waals surface area contributed by atoms with Gasteiger partial charge in [-0.25, -0.2) is 4.98 Å². The largest absolute Gasteiger partial charge is 0.505 e. The van der Waals surface area contributed by atoms with E-state index in [1.54, 1.807) is 6.07 Å². The molecule has 1 fully saturated rings. The van der Waals surface area contributed by atoms with E-state index in [9.17, 15) is 9.90 Å². The number of carbonyl (C=O) groups excluding carboxylic acids is 1. The van der Waals surface area contributed by atoms with Gasteiger partial charge in [-0.1, -0.05) is 13.8 Å². The summed E-state index contributed by atoms with van der Waals surface area (Å²) in [4.78, 5) is 18.4. The molecule has 5 nitrogen and oxygen atoms in total. The van der Waals surface area contributed by atoms with E-state index in [1.165, 1.54) is 18.7 Å². The lowest BCUT2D eigenvalue weighted by Crippen LogP contribution is -2.42. The summed E-state index contributed by atoms with van der Waals surface area (Å²) in [6, 6.07) is 3.09. The molecule has 1 aliphatic rings. The van der Waals surface area contributed by atoms with Gasteiger partial charge in [-0.3, -0.25) is 4.79 Å². The molecule has 1 amide bonds. The maximum Gasteiger partial charge on any atom is 0.273 e. The Morgan fingerprint density at radius 3 is 3.10 bits per heavy atom. The predicted octanol–water partition coefficient (Wildman–Crippen LogP) is 1.89. The zero-order valence-corrected chi connectivity index (χ0v) is 12.9. The molecule has 2 rings (SSSR count). The van der Waals surface area contributed by atoms with E-state index in [0.29, 0.717) is 18.4 Å². The van der Waals surface area contributed by atoms with Gasteiger partial charge in [-0.05, 0) is 43.4 Å². The SMILES string of the molecule is CC(C)CN1CCC[C@@H](CNC(=O)c2ncccc2O)C1. The number of aromatic hydroxyl groups is 1. The standard InChI is InChI=1S/C16H25N3O2/c1-12(2)10-19-8-4-5-13(11-19)9-18-16(21)15-14(20)6-3-7-17-15/h3,6-7,12-13,20H,4-5,8-11H2,1-2H3,(H,18,21)/t13-/m0/s1. The second-order valence-electron chi connectivity index (χ2n) is 6.24. The highest BCUT2D eigenvalue weighted by molar-refractivity contribution is 5.94. The minimum absolute atomic E-state index is 0.0694. The van der Waals surface area contributed by atoms with Crippen LogP contribution in [0.5, 0.6) is 5.75 Å². The molecule has 0 spiro atoms. The number of nitrogens with one attached hydrogen (secondary N) is 1. The van der Waals surface area contributed by atoms with Gasteiger partial charge in [0.15, 0.2) is 5.69 Å². The topological polar surface area (TPSA) is 65.5 Å². The Morgan fingerprint density at radius 1 is 1.57 bits per heavy atom. The first-order valence-corrected chi connectivity index (χ1v) is 7.70. The number of nitrogens with zero attached hydrogens (tertiary/aromatic N) is 2. The first-order chi connectivity index (χ1) is 10.1. The summed E-state index contributed by atoms with van der Waals surface area (Å²) in [6.07, 6.45) is 3.84. The van der Waals surface area contributed by atoms with Crippen LogP contribution in [0.3, 0.4) is 0 Å². The van der Waals surface area contributed by atoms with Gasteiger partial charge in [-0.2, -0.15) is 0 Å². The molecule has 1 aromatic heterocycles. The summed E-state index contributed by atoms with van der Waals surface area (Å²) in [7, 11) is 0. The van der Waals surface area contributed by atoms with Crippen LogP contribution in [0, 0.1) is 11.8 Å². The Hall–Kier alpha value is -1.62. The minimum Gasteiger partial charge on any atom is -0.505 e. The van der Waals surface area contributed by atoms with Crippen molar-refractivity contribution in [3.05, 3.63) is 24.0 Å². The quantitative estimate of drug-likeness (QED) is 0.869. The van der Waals surface area contributed by atoms with Crippen molar-refractivity contribution in [1.29, 1.82) is 0 Å². The van der Waals surface area contributed by atoms with E-state index >= 15 is 0 Å². The van der Waals surface area contributed by atoms with Crippen LogP contribution >= 0.6 is 0 Å². The Kier molecular flexibility index (Phi) is 5.56. The monoisotopic (exact) mass is 291 g/mol. The van der Waals surface area contributed by atoms with Crippen molar-refractivity contribution in [2.45, 2.75) is 26.7 Å². The Labute approximate surface area is 126 Å². The van der Waals surface area contributed by atoms with Gasteiger partial charge < -0.3 is 15.3 Å². The number of piperidine rings is 1. The number of rotatable bonds is 5. The van der Waals surface area contributed by atoms with Crippen molar-refractivity contribution >= 4 is 5.91 Å². The number of likely N-dealkylation sites (tertiary alicyclic amines) is 1. The van der Waals surface area contributed by atoms with E-state index < -0.39 is 0 Å². The zero-order chi connectivity index (χ0) is 15.2. The van der Waals surface area contributed by atoms with E-state index in [-0.39, 0.29) is 17.4 Å². The molecule has 2 heterocycles. The molecule has 0 aliphatic carbocycles. The number of aromatic nitrogens is 1. The average molecular weight is 291 g/mol. The second kappa shape index (κ2) is 7.41. The van der Waals surface area contributed by atoms with Crippen LogP contribution < -0.4 is 5.32 Å². The molecule has 1 saturated heterocycles. The summed E-state index contributed by atoms with van der Waals surface area (Å²) in [5, 5.41) is 12.5. The summed E-state index contributed by atoms with van der Waals surface area (Å²) in [5.74, 6) is 0.783. The molecule has 0 unspecified atom stereocenters. The number of pyridine rings is 1. The van der Waals surface area contributed by atoms with Crippen LogP contribution in [-0.4, -0.2) is 47.1 Å². The van der Waals surface area contributed by atoms with Crippen molar-refractivity contribution in [3.8, 4) is 5.75 Å². The van der Waals surface area contributed by atoms with Crippen LogP contribution in [0.15, 0.2) is 18.3 Å². The Bertz CT molecular complexity index is 476. The second-order valence-corrected chi connectivity index (χ2v) is 6.24. The molecule has 1 atom stereocenters. The van der Waals surface area contributed by atoms with Gasteiger partial charge in [0, 0.05) is 25.8 Å². The van der Waals surface area contributed by atoms with E-state index in [2.05, 4.69) is 29.0 Å². The maximum atomic E-state index is 12.0. The lowest BCUT2D eigenvalue weighted by Gasteiger charge is -2.33. The number of hydrogen-bond acceptors (Lipinski definition) is 4. The smallest absolute Gasteiger partial charge is 0.273 e. The summed E-state index contributed by atoms with van der Waals surface area (Å²) in [5.41, 5.74) is 0.104. The molecule has 1 aromatic rings. The fourth-order valence-electron chi connectivity index (χ4n) is 2.89. The predicted molar refractivity (Wildman–Crippen MR) is 82.2 cm³/mol. The van der Waals surface area contributed by atoms with Crippen LogP contribution in [-0.2, 0) is 0 Å². The third kappa shape index (κ3) is 4.70. The van der Waals surface area contributed by atoms with Crippen molar-refractivity contribution in [2.24, 2.45) is 11.8 Å². The fraction of sp³-hybridized carbons (Fsp3) is 0.625. The zero-order valence-electron chi connectivity index (χ0n) is 12.9. The van der Waals surface area contributed by atoms with Crippen LogP contribution in [0.1, 0.15) is 37.2 Å². The van der Waals surface area contributed by atoms with E-state index in [1.807, 2.05) is 0 Å². The maximum absolute atomic E-state index is 12.0. The van der Waals surface area contributed by atoms with Crippen molar-refractivity contribution < 1.29 is 9.90 Å². The molecule has 0 aromatic carbocycles. The number of hydrogen-bond donors (Lipinski definition) is 2. The highest BCUT2D eigenvalue weighted by Gasteiger charge is 2.21. The van der Waals surface area contributed by atoms with Gasteiger partial charge in [0.05, 0.1) is 0 Å². The van der Waals surface area contributed by atoms with Gasteiger partial charge in [-0.15, -0.1) is 0 Å². The highest BCUT2D eigenvalue weighted by atomic mass is 16.3. The summed E-state index contributed by atoms with van der Waals surface area (Å²) < 4.78 is 0. The van der Waals surface area contributed by atoms with Crippen LogP contribution in [0.2, 0.25) is 0 Å². The Balaban J connectivity index is 1.82. The number of carbonyl (C=O) groups is 1. The summed E-state index contributed by atoms with van der Waals surface area (Å²) in [6.45, 7) is 8.41. The van der Waals surface area contributed by atoms with Gasteiger partial charge in [0.25, 0.3) is 5.91 Å². The molecule has 116 valence electrons. The van der Waals surface area contributed by atoms with Crippen LogP contribution in [0.4, 0.5) is 0 Å². The third-order valence-corrected chi connectivity index (χ3v) is 3.78. The van der Waals surface area contributed by atoms with Gasteiger partial charge in [0.1, 0.15) is 5.75 Å². The minimum atomic E-state index is -0.297. The van der Waals surface area contributed by atoms with E-state index in [4.69, 9.17) is 0 Å². The molecule has 1 aliphatic heterocycles. The summed E-state index contributed by atoms with van der Waals surface area (Å²) >= 11 is 0. The van der Waals surface area contributed by atoms with Gasteiger partial charge in [0.2, 0.25) is 0 Å².